The number of amides is 1. The molecule has 1 N–H and O–H groups in total. The number of nitrogens with one attached hydrogen (secondary N) is 1. The van der Waals surface area contributed by atoms with E-state index in [1.54, 1.807) is 24.5 Å². The third-order valence-corrected chi connectivity index (χ3v) is 6.75. The van der Waals surface area contributed by atoms with Crippen LogP contribution in [0, 0.1) is 0 Å². The molecule has 1 aliphatic rings. The van der Waals surface area contributed by atoms with E-state index < -0.39 is 21.0 Å². The lowest BCUT2D eigenvalue weighted by Gasteiger charge is -2.17. The Balaban J connectivity index is 1.89. The number of aryl methyl sites for hydroxylation is 1. The molecule has 5 nitrogen and oxygen atoms in total. The molecular formula is C21H25NO4S. The van der Waals surface area contributed by atoms with Crippen molar-refractivity contribution in [2.24, 2.45) is 0 Å². The molecule has 0 saturated carbocycles. The lowest BCUT2D eigenvalue weighted by molar-refractivity contribution is -0.120. The molecule has 1 aromatic carbocycles. The molecule has 1 aliphatic heterocycles. The number of allylic oxidation sites excluding steroid dienone is 2. The van der Waals surface area contributed by atoms with Crippen LogP contribution in [0.4, 0.5) is 0 Å². The number of carbonyl (C=O) groups excluding carboxylic acids is 1. The van der Waals surface area contributed by atoms with Crippen molar-refractivity contribution in [2.45, 2.75) is 48.7 Å². The summed E-state index contributed by atoms with van der Waals surface area (Å²) in [4.78, 5) is 12.9. The molecule has 1 amide bonds. The van der Waals surface area contributed by atoms with E-state index in [1.807, 2.05) is 6.07 Å². The third-order valence-electron chi connectivity index (χ3n) is 4.69. The molecule has 1 unspecified atom stereocenters. The molecule has 27 heavy (non-hydrogen) atoms. The Labute approximate surface area is 160 Å². The van der Waals surface area contributed by atoms with Gasteiger partial charge >= 0.3 is 0 Å². The zero-order valence-corrected chi connectivity index (χ0v) is 16.1. The average molecular weight is 388 g/mol. The van der Waals surface area contributed by atoms with Crippen LogP contribution in [-0.2, 0) is 27.5 Å². The highest BCUT2D eigenvalue weighted by Crippen LogP contribution is 2.21. The van der Waals surface area contributed by atoms with Crippen molar-refractivity contribution >= 4 is 15.7 Å². The van der Waals surface area contributed by atoms with Gasteiger partial charge in [-0.25, -0.2) is 8.42 Å². The standard InChI is InChI=1S/C21H25NO4S/c23-21-20(27(24,25)19-11-7-5-8-12-19)15-17-14-18(26-16-17)10-6-3-1-2-4-9-13-22-21/h1,3,5,7-8,11-12,14,16,20H,2,4,6,9-10,13,15H2,(H,22,23)/b3-1-. The monoisotopic (exact) mass is 387 g/mol. The van der Waals surface area contributed by atoms with Crippen molar-refractivity contribution in [3.05, 3.63) is 66.1 Å². The highest BCUT2D eigenvalue weighted by Gasteiger charge is 2.34. The highest BCUT2D eigenvalue weighted by atomic mass is 32.2. The smallest absolute Gasteiger partial charge is 0.239 e. The van der Waals surface area contributed by atoms with Gasteiger partial charge in [0.05, 0.1) is 11.2 Å². The molecule has 0 saturated heterocycles. The lowest BCUT2D eigenvalue weighted by atomic mass is 10.1. The van der Waals surface area contributed by atoms with Gasteiger partial charge in [-0.1, -0.05) is 30.4 Å². The highest BCUT2D eigenvalue weighted by molar-refractivity contribution is 7.92. The van der Waals surface area contributed by atoms with Gasteiger partial charge in [-0.15, -0.1) is 0 Å². The van der Waals surface area contributed by atoms with Crippen LogP contribution in [0.15, 0.2) is 64.1 Å². The molecule has 6 heteroatoms. The van der Waals surface area contributed by atoms with Gasteiger partial charge in [0, 0.05) is 19.4 Å². The maximum atomic E-state index is 13.1. The minimum Gasteiger partial charge on any atom is -0.469 e. The van der Waals surface area contributed by atoms with Crippen molar-refractivity contribution in [1.29, 1.82) is 0 Å². The molecule has 0 aliphatic carbocycles. The van der Waals surface area contributed by atoms with Crippen LogP contribution in [0.1, 0.15) is 37.0 Å². The molecule has 0 radical (unpaired) electrons. The van der Waals surface area contributed by atoms with Gasteiger partial charge in [-0.3, -0.25) is 4.79 Å². The van der Waals surface area contributed by atoms with E-state index in [0.717, 1.165) is 43.4 Å². The second-order valence-corrected chi connectivity index (χ2v) is 8.90. The van der Waals surface area contributed by atoms with E-state index in [0.29, 0.717) is 6.54 Å². The van der Waals surface area contributed by atoms with E-state index >= 15 is 0 Å². The average Bonchev–Trinajstić information content (AvgIpc) is 3.11. The summed E-state index contributed by atoms with van der Waals surface area (Å²) in [6.07, 6.45) is 10.3. The fourth-order valence-corrected chi connectivity index (χ4v) is 4.81. The minimum atomic E-state index is -3.80. The zero-order chi connectivity index (χ0) is 19.1. The van der Waals surface area contributed by atoms with Gasteiger partial charge < -0.3 is 9.73 Å². The molecular weight excluding hydrogens is 362 g/mol. The maximum Gasteiger partial charge on any atom is 0.239 e. The Bertz CT molecular complexity index is 884. The van der Waals surface area contributed by atoms with Crippen LogP contribution in [0.2, 0.25) is 0 Å². The Morgan fingerprint density at radius 2 is 1.81 bits per heavy atom. The van der Waals surface area contributed by atoms with Gasteiger partial charge in [0.25, 0.3) is 0 Å². The lowest BCUT2D eigenvalue weighted by Crippen LogP contribution is -2.41. The first kappa shape index (κ1) is 19.4. The van der Waals surface area contributed by atoms with Gasteiger partial charge in [0.1, 0.15) is 11.0 Å². The summed E-state index contributed by atoms with van der Waals surface area (Å²) in [5.41, 5.74) is 0.725. The van der Waals surface area contributed by atoms with Crippen LogP contribution in [0.3, 0.4) is 0 Å². The van der Waals surface area contributed by atoms with Crippen molar-refractivity contribution in [1.82, 2.24) is 5.32 Å². The third kappa shape index (κ3) is 5.10. The van der Waals surface area contributed by atoms with E-state index in [9.17, 15) is 13.2 Å². The summed E-state index contributed by atoms with van der Waals surface area (Å²) in [5, 5.41) is 1.63. The zero-order valence-electron chi connectivity index (χ0n) is 15.3. The number of sulfone groups is 1. The number of benzene rings is 1. The Kier molecular flexibility index (Phi) is 6.50. The fraction of sp³-hybridized carbons (Fsp3) is 0.381. The summed E-state index contributed by atoms with van der Waals surface area (Å²) in [5.74, 6) is 0.354. The molecule has 144 valence electrons. The first-order valence-corrected chi connectivity index (χ1v) is 10.9. The van der Waals surface area contributed by atoms with E-state index in [2.05, 4.69) is 17.5 Å². The van der Waals surface area contributed by atoms with Crippen LogP contribution >= 0.6 is 0 Å². The Morgan fingerprint density at radius 1 is 1.04 bits per heavy atom. The molecule has 0 spiro atoms. The van der Waals surface area contributed by atoms with Crippen LogP contribution in [0.5, 0.6) is 0 Å². The second kappa shape index (κ2) is 9.04. The van der Waals surface area contributed by atoms with Gasteiger partial charge in [-0.05, 0) is 49.4 Å². The van der Waals surface area contributed by atoms with Crippen molar-refractivity contribution in [2.75, 3.05) is 6.54 Å². The number of carbonyl (C=O) groups is 1. The van der Waals surface area contributed by atoms with E-state index in [4.69, 9.17) is 4.42 Å². The first-order chi connectivity index (χ1) is 13.1. The van der Waals surface area contributed by atoms with Gasteiger partial charge in [-0.2, -0.15) is 0 Å². The summed E-state index contributed by atoms with van der Waals surface area (Å²) in [6, 6.07) is 10.0. The van der Waals surface area contributed by atoms with E-state index in [-0.39, 0.29) is 11.3 Å². The van der Waals surface area contributed by atoms with Crippen molar-refractivity contribution in [3.63, 3.8) is 0 Å². The molecule has 3 rings (SSSR count). The van der Waals surface area contributed by atoms with Crippen LogP contribution in [-0.4, -0.2) is 26.1 Å². The second-order valence-electron chi connectivity index (χ2n) is 6.77. The van der Waals surface area contributed by atoms with Crippen molar-refractivity contribution < 1.29 is 17.6 Å². The normalized spacial score (nSPS) is 20.9. The molecule has 1 aromatic heterocycles. The minimum absolute atomic E-state index is 0.0996. The van der Waals surface area contributed by atoms with Crippen LogP contribution in [0.25, 0.3) is 0 Å². The quantitative estimate of drug-likeness (QED) is 0.801. The number of hydrogen-bond donors (Lipinski definition) is 1. The van der Waals surface area contributed by atoms with Gasteiger partial charge in [0.15, 0.2) is 9.84 Å². The predicted molar refractivity (Wildman–Crippen MR) is 104 cm³/mol. The van der Waals surface area contributed by atoms with Crippen LogP contribution < -0.4 is 5.32 Å². The van der Waals surface area contributed by atoms with Gasteiger partial charge in [0.2, 0.25) is 5.91 Å². The predicted octanol–water partition coefficient (Wildman–Crippen LogP) is 3.45. The maximum absolute atomic E-state index is 13.1. The Morgan fingerprint density at radius 3 is 2.63 bits per heavy atom. The van der Waals surface area contributed by atoms with E-state index in [1.165, 1.54) is 12.1 Å². The molecule has 2 bridgehead atoms. The Hall–Kier alpha value is -2.34. The molecule has 1 atom stereocenters. The molecule has 2 heterocycles. The summed E-state index contributed by atoms with van der Waals surface area (Å²) in [7, 11) is -3.80. The molecule has 2 aromatic rings. The summed E-state index contributed by atoms with van der Waals surface area (Å²) < 4.78 is 31.8. The summed E-state index contributed by atoms with van der Waals surface area (Å²) >= 11 is 0. The number of hydrogen-bond acceptors (Lipinski definition) is 4. The SMILES string of the molecule is O=C1NCCCC/C=C\CCc2cc(co2)CC1S(=O)(=O)c1ccccc1. The first-order valence-electron chi connectivity index (χ1n) is 9.35. The molecule has 0 fully saturated rings. The largest absolute Gasteiger partial charge is 0.469 e. The topological polar surface area (TPSA) is 76.4 Å². The fourth-order valence-electron chi connectivity index (χ4n) is 3.17. The number of furan rings is 1. The number of fused-ring (bicyclic) bond motifs is 2. The summed E-state index contributed by atoms with van der Waals surface area (Å²) in [6.45, 7) is 0.476. The van der Waals surface area contributed by atoms with Crippen molar-refractivity contribution in [3.8, 4) is 0 Å². The number of rotatable bonds is 2.